The summed E-state index contributed by atoms with van der Waals surface area (Å²) in [6.07, 6.45) is 1.33. The van der Waals surface area contributed by atoms with Crippen LogP contribution in [-0.4, -0.2) is 37.2 Å². The van der Waals surface area contributed by atoms with E-state index in [1.54, 1.807) is 22.9 Å². The summed E-state index contributed by atoms with van der Waals surface area (Å²) in [5.41, 5.74) is 1.61. The number of carbonyl (C=O) groups is 1. The molecular formula is C20H16N6O4. The molecule has 150 valence electrons. The second-order valence-corrected chi connectivity index (χ2v) is 6.70. The first-order valence-corrected chi connectivity index (χ1v) is 9.19. The molecule has 2 aromatic carbocycles. The van der Waals surface area contributed by atoms with Gasteiger partial charge < -0.3 is 14.8 Å². The highest BCUT2D eigenvalue weighted by molar-refractivity contribution is 5.91. The van der Waals surface area contributed by atoms with E-state index in [4.69, 9.17) is 9.47 Å². The maximum Gasteiger partial charge on any atom is 0.283 e. The number of rotatable bonds is 5. The molecule has 0 atom stereocenters. The van der Waals surface area contributed by atoms with Crippen LogP contribution in [0.2, 0.25) is 0 Å². The molecule has 4 aromatic rings. The van der Waals surface area contributed by atoms with E-state index in [-0.39, 0.29) is 24.8 Å². The van der Waals surface area contributed by atoms with E-state index >= 15 is 0 Å². The Labute approximate surface area is 169 Å². The molecule has 30 heavy (non-hydrogen) atoms. The smallest absolute Gasteiger partial charge is 0.283 e. The van der Waals surface area contributed by atoms with Crippen molar-refractivity contribution in [3.8, 4) is 11.5 Å². The number of nitrogens with zero attached hydrogens (tertiary/aromatic N) is 5. The summed E-state index contributed by atoms with van der Waals surface area (Å²) in [4.78, 5) is 29.4. The molecule has 2 aromatic heterocycles. The Balaban J connectivity index is 1.34. The van der Waals surface area contributed by atoms with Crippen LogP contribution in [0.15, 0.2) is 59.7 Å². The molecule has 10 heteroatoms. The third-order valence-corrected chi connectivity index (χ3v) is 4.64. The minimum Gasteiger partial charge on any atom is -0.454 e. The Hall–Kier alpha value is -4.21. The van der Waals surface area contributed by atoms with Crippen LogP contribution < -0.4 is 20.3 Å². The van der Waals surface area contributed by atoms with Gasteiger partial charge in [-0.05, 0) is 17.7 Å². The fourth-order valence-electron chi connectivity index (χ4n) is 3.19. The lowest BCUT2D eigenvalue weighted by Crippen LogP contribution is -2.28. The lowest BCUT2D eigenvalue weighted by Gasteiger charge is -2.08. The zero-order valence-corrected chi connectivity index (χ0v) is 15.7. The number of ether oxygens (including phenoxy) is 2. The second-order valence-electron chi connectivity index (χ2n) is 6.70. The maximum absolute atomic E-state index is 12.7. The largest absolute Gasteiger partial charge is 0.454 e. The normalized spacial score (nSPS) is 12.3. The first-order valence-electron chi connectivity index (χ1n) is 9.19. The fourth-order valence-corrected chi connectivity index (χ4v) is 3.19. The van der Waals surface area contributed by atoms with Crippen molar-refractivity contribution in [2.75, 3.05) is 12.1 Å². The van der Waals surface area contributed by atoms with E-state index in [9.17, 15) is 9.59 Å². The summed E-state index contributed by atoms with van der Waals surface area (Å²) in [5.74, 6) is 0.800. The second kappa shape index (κ2) is 7.32. The molecule has 1 aliphatic rings. The molecule has 0 saturated heterocycles. The number of nitrogens with one attached hydrogen (secondary N) is 1. The van der Waals surface area contributed by atoms with Gasteiger partial charge in [0.05, 0.1) is 6.54 Å². The van der Waals surface area contributed by atoms with Crippen LogP contribution >= 0.6 is 0 Å². The lowest BCUT2D eigenvalue weighted by atomic mass is 10.2. The minimum absolute atomic E-state index is 0.115. The van der Waals surface area contributed by atoms with Crippen molar-refractivity contribution in [1.82, 2.24) is 24.5 Å². The highest BCUT2D eigenvalue weighted by Gasteiger charge is 2.16. The predicted octanol–water partition coefficient (Wildman–Crippen LogP) is 1.40. The molecule has 1 amide bonds. The minimum atomic E-state index is -0.430. The SMILES string of the molecule is O=C(Cn1cnc2c(nnn2Cc2ccccc2)c1=O)Nc1ccc2c(c1)OCO2. The number of hydrogen-bond donors (Lipinski definition) is 1. The molecular weight excluding hydrogens is 388 g/mol. The van der Waals surface area contributed by atoms with E-state index in [0.717, 1.165) is 5.56 Å². The van der Waals surface area contributed by atoms with Crippen LogP contribution in [0, 0.1) is 0 Å². The van der Waals surface area contributed by atoms with Gasteiger partial charge in [0, 0.05) is 11.8 Å². The molecule has 0 radical (unpaired) electrons. The van der Waals surface area contributed by atoms with Gasteiger partial charge in [-0.1, -0.05) is 35.5 Å². The van der Waals surface area contributed by atoms with Crippen molar-refractivity contribution in [1.29, 1.82) is 0 Å². The summed E-state index contributed by atoms with van der Waals surface area (Å²) in [7, 11) is 0. The van der Waals surface area contributed by atoms with Crippen LogP contribution in [0.3, 0.4) is 0 Å². The summed E-state index contributed by atoms with van der Waals surface area (Å²) >= 11 is 0. The number of amides is 1. The third-order valence-electron chi connectivity index (χ3n) is 4.64. The first kappa shape index (κ1) is 17.9. The molecule has 0 spiro atoms. The third kappa shape index (κ3) is 3.34. The summed E-state index contributed by atoms with van der Waals surface area (Å²) in [6, 6.07) is 14.8. The van der Waals surface area contributed by atoms with Crippen LogP contribution in [-0.2, 0) is 17.9 Å². The average Bonchev–Trinajstić information content (AvgIpc) is 3.38. The lowest BCUT2D eigenvalue weighted by molar-refractivity contribution is -0.116. The molecule has 5 rings (SSSR count). The zero-order valence-electron chi connectivity index (χ0n) is 15.7. The number of aromatic nitrogens is 5. The van der Waals surface area contributed by atoms with Crippen molar-refractivity contribution in [2.24, 2.45) is 0 Å². The quantitative estimate of drug-likeness (QED) is 0.535. The van der Waals surface area contributed by atoms with Crippen molar-refractivity contribution in [3.63, 3.8) is 0 Å². The van der Waals surface area contributed by atoms with E-state index in [2.05, 4.69) is 20.6 Å². The summed E-state index contributed by atoms with van der Waals surface area (Å²) in [6.45, 7) is 0.388. The van der Waals surface area contributed by atoms with Crippen LogP contribution in [0.25, 0.3) is 11.2 Å². The monoisotopic (exact) mass is 404 g/mol. The fraction of sp³-hybridized carbons (Fsp3) is 0.150. The van der Waals surface area contributed by atoms with Gasteiger partial charge in [-0.2, -0.15) is 0 Å². The maximum atomic E-state index is 12.7. The number of carbonyl (C=O) groups excluding carboxylic acids is 1. The standard InChI is InChI=1S/C20H16N6O4/c27-17(22-14-6-7-15-16(8-14)30-12-29-15)10-25-11-21-19-18(20(25)28)23-24-26(19)9-13-4-2-1-3-5-13/h1-8,11H,9-10,12H2,(H,22,27). The molecule has 1 N–H and O–H groups in total. The van der Waals surface area contributed by atoms with Crippen LogP contribution in [0.5, 0.6) is 11.5 Å². The Morgan fingerprint density at radius 3 is 2.80 bits per heavy atom. The van der Waals surface area contributed by atoms with E-state index in [1.165, 1.54) is 10.9 Å². The van der Waals surface area contributed by atoms with Gasteiger partial charge in [-0.15, -0.1) is 5.10 Å². The summed E-state index contributed by atoms with van der Waals surface area (Å²) in [5, 5.41) is 10.7. The van der Waals surface area contributed by atoms with Crippen molar-refractivity contribution in [2.45, 2.75) is 13.1 Å². The Morgan fingerprint density at radius 1 is 1.10 bits per heavy atom. The number of hydrogen-bond acceptors (Lipinski definition) is 7. The predicted molar refractivity (Wildman–Crippen MR) is 106 cm³/mol. The van der Waals surface area contributed by atoms with Crippen molar-refractivity contribution >= 4 is 22.8 Å². The molecule has 10 nitrogen and oxygen atoms in total. The van der Waals surface area contributed by atoms with E-state index in [1.807, 2.05) is 30.3 Å². The molecule has 0 aliphatic carbocycles. The average molecular weight is 404 g/mol. The van der Waals surface area contributed by atoms with Gasteiger partial charge in [-0.3, -0.25) is 14.2 Å². The number of benzene rings is 2. The van der Waals surface area contributed by atoms with E-state index < -0.39 is 5.56 Å². The van der Waals surface area contributed by atoms with Crippen molar-refractivity contribution in [3.05, 3.63) is 70.8 Å². The Bertz CT molecular complexity index is 1300. The molecule has 1 aliphatic heterocycles. The van der Waals surface area contributed by atoms with Gasteiger partial charge >= 0.3 is 0 Å². The molecule has 0 bridgehead atoms. The topological polar surface area (TPSA) is 113 Å². The van der Waals surface area contributed by atoms with Crippen molar-refractivity contribution < 1.29 is 14.3 Å². The van der Waals surface area contributed by atoms with Gasteiger partial charge in [0.2, 0.25) is 12.7 Å². The highest BCUT2D eigenvalue weighted by Crippen LogP contribution is 2.34. The Kier molecular flexibility index (Phi) is 4.36. The Morgan fingerprint density at radius 2 is 1.93 bits per heavy atom. The highest BCUT2D eigenvalue weighted by atomic mass is 16.7. The molecule has 3 heterocycles. The molecule has 0 unspecified atom stereocenters. The van der Waals surface area contributed by atoms with E-state index in [0.29, 0.717) is 29.4 Å². The van der Waals surface area contributed by atoms with Gasteiger partial charge in [0.25, 0.3) is 5.56 Å². The summed E-state index contributed by atoms with van der Waals surface area (Å²) < 4.78 is 13.3. The van der Waals surface area contributed by atoms with Gasteiger partial charge in [0.15, 0.2) is 22.7 Å². The number of fused-ring (bicyclic) bond motifs is 2. The first-order chi connectivity index (χ1) is 14.7. The number of anilines is 1. The zero-order chi connectivity index (χ0) is 20.5. The van der Waals surface area contributed by atoms with Gasteiger partial charge in [-0.25, -0.2) is 9.67 Å². The molecule has 0 fully saturated rings. The van der Waals surface area contributed by atoms with Crippen LogP contribution in [0.4, 0.5) is 5.69 Å². The van der Waals surface area contributed by atoms with Crippen LogP contribution in [0.1, 0.15) is 5.56 Å². The molecule has 0 saturated carbocycles. The van der Waals surface area contributed by atoms with Gasteiger partial charge in [0.1, 0.15) is 12.9 Å².